The van der Waals surface area contributed by atoms with E-state index in [1.54, 1.807) is 19.3 Å². The third kappa shape index (κ3) is 4.68. The van der Waals surface area contributed by atoms with Crippen LogP contribution in [0, 0.1) is 0 Å². The molecule has 1 saturated heterocycles. The van der Waals surface area contributed by atoms with Gasteiger partial charge in [-0.2, -0.15) is 5.10 Å². The Morgan fingerprint density at radius 3 is 2.74 bits per heavy atom. The summed E-state index contributed by atoms with van der Waals surface area (Å²) in [7, 11) is 2.81. The van der Waals surface area contributed by atoms with Crippen LogP contribution in [0.1, 0.15) is 5.56 Å². The van der Waals surface area contributed by atoms with E-state index < -0.39 is 11.9 Å². The van der Waals surface area contributed by atoms with Crippen molar-refractivity contribution < 1.29 is 19.1 Å². The van der Waals surface area contributed by atoms with Crippen LogP contribution in [0.15, 0.2) is 59.9 Å². The van der Waals surface area contributed by atoms with Crippen molar-refractivity contribution in [2.75, 3.05) is 20.8 Å². The van der Waals surface area contributed by atoms with Crippen LogP contribution in [-0.4, -0.2) is 53.9 Å². The van der Waals surface area contributed by atoms with Crippen LogP contribution in [0.3, 0.4) is 0 Å². The molecule has 1 aromatic rings. The summed E-state index contributed by atoms with van der Waals surface area (Å²) in [4.78, 5) is 25.3. The van der Waals surface area contributed by atoms with Gasteiger partial charge in [0.25, 0.3) is 5.91 Å². The number of amides is 1. The number of carbonyl (C=O) groups excluding carboxylic acids is 2. The molecule has 1 heterocycles. The highest BCUT2D eigenvalue weighted by Gasteiger charge is 2.38. The van der Waals surface area contributed by atoms with E-state index >= 15 is 0 Å². The molecule has 0 spiro atoms. The molecule has 1 amide bonds. The lowest BCUT2D eigenvalue weighted by molar-refractivity contribution is -0.135. The van der Waals surface area contributed by atoms with Crippen molar-refractivity contribution in [3.8, 4) is 5.75 Å². The number of thiocarbonyl (C=S) groups is 1. The Hall–Kier alpha value is -3.26. The molecule has 0 N–H and O–H groups in total. The maximum atomic E-state index is 12.5. The van der Waals surface area contributed by atoms with Gasteiger partial charge in [-0.3, -0.25) is 9.69 Å². The molecular formula is C19H19N3O4S. The minimum absolute atomic E-state index is 0.00985. The van der Waals surface area contributed by atoms with E-state index in [1.165, 1.54) is 29.3 Å². The van der Waals surface area contributed by atoms with Gasteiger partial charge in [0.2, 0.25) is 5.11 Å². The minimum atomic E-state index is -0.675. The smallest absolute Gasteiger partial charge is 0.332 e. The standard InChI is InChI=1S/C19H19N3O4S/c1-4-12-21-18(24)15(13-17(23)26-3)22(19(21)27)20-11-7-9-14-8-5-6-10-16(14)25-2/h4-11,13H,1,12H2,2-3H3/b9-7+,15-13+,20-11+. The largest absolute Gasteiger partial charge is 0.496 e. The normalized spacial score (nSPS) is 16.0. The summed E-state index contributed by atoms with van der Waals surface area (Å²) < 4.78 is 9.87. The van der Waals surface area contributed by atoms with Crippen molar-refractivity contribution in [1.82, 2.24) is 9.91 Å². The molecule has 0 atom stereocenters. The number of rotatable bonds is 7. The van der Waals surface area contributed by atoms with E-state index in [9.17, 15) is 9.59 Å². The number of allylic oxidation sites excluding steroid dienone is 1. The van der Waals surface area contributed by atoms with Gasteiger partial charge < -0.3 is 9.47 Å². The number of benzene rings is 1. The number of hydrazone groups is 1. The summed E-state index contributed by atoms with van der Waals surface area (Å²) in [5, 5.41) is 5.56. The van der Waals surface area contributed by atoms with Crippen molar-refractivity contribution in [2.24, 2.45) is 5.10 Å². The van der Waals surface area contributed by atoms with Crippen LogP contribution in [0.5, 0.6) is 5.75 Å². The van der Waals surface area contributed by atoms with Crippen molar-refractivity contribution in [3.63, 3.8) is 0 Å². The number of nitrogens with zero attached hydrogens (tertiary/aromatic N) is 3. The van der Waals surface area contributed by atoms with Crippen LogP contribution in [-0.2, 0) is 14.3 Å². The van der Waals surface area contributed by atoms with Gasteiger partial charge in [-0.25, -0.2) is 9.80 Å². The number of esters is 1. The zero-order valence-electron chi connectivity index (χ0n) is 15.0. The number of ether oxygens (including phenoxy) is 2. The summed E-state index contributed by atoms with van der Waals surface area (Å²) in [6.07, 6.45) is 7.54. The second kappa shape index (κ2) is 9.44. The molecule has 0 radical (unpaired) electrons. The van der Waals surface area contributed by atoms with Crippen molar-refractivity contribution >= 4 is 41.5 Å². The molecule has 0 saturated carbocycles. The van der Waals surface area contributed by atoms with Gasteiger partial charge in [-0.1, -0.05) is 24.3 Å². The monoisotopic (exact) mass is 385 g/mol. The zero-order valence-corrected chi connectivity index (χ0v) is 15.8. The number of hydrogen-bond donors (Lipinski definition) is 0. The fraction of sp³-hybridized carbons (Fsp3) is 0.158. The van der Waals surface area contributed by atoms with Crippen molar-refractivity contribution in [1.29, 1.82) is 0 Å². The van der Waals surface area contributed by atoms with Gasteiger partial charge in [-0.15, -0.1) is 6.58 Å². The maximum Gasteiger partial charge on any atom is 0.332 e. The van der Waals surface area contributed by atoms with Gasteiger partial charge >= 0.3 is 5.97 Å². The molecule has 1 aromatic carbocycles. The highest BCUT2D eigenvalue weighted by Crippen LogP contribution is 2.22. The predicted molar refractivity (Wildman–Crippen MR) is 107 cm³/mol. The third-order valence-corrected chi connectivity index (χ3v) is 3.95. The van der Waals surface area contributed by atoms with Gasteiger partial charge in [-0.05, 0) is 30.4 Å². The molecule has 140 valence electrons. The predicted octanol–water partition coefficient (Wildman–Crippen LogP) is 2.37. The van der Waals surface area contributed by atoms with Crippen LogP contribution in [0.25, 0.3) is 6.08 Å². The van der Waals surface area contributed by atoms with Crippen molar-refractivity contribution in [2.45, 2.75) is 0 Å². The molecule has 8 heteroatoms. The summed E-state index contributed by atoms with van der Waals surface area (Å²) in [6, 6.07) is 7.49. The molecule has 7 nitrogen and oxygen atoms in total. The average molecular weight is 385 g/mol. The Morgan fingerprint density at radius 1 is 1.33 bits per heavy atom. The number of para-hydroxylation sites is 1. The molecule has 1 aliphatic heterocycles. The lowest BCUT2D eigenvalue weighted by Crippen LogP contribution is -2.31. The van der Waals surface area contributed by atoms with Crippen molar-refractivity contribution in [3.05, 3.63) is 60.3 Å². The molecule has 0 bridgehead atoms. The molecule has 0 unspecified atom stereocenters. The molecule has 0 aromatic heterocycles. The fourth-order valence-electron chi connectivity index (χ4n) is 2.28. The third-order valence-electron chi connectivity index (χ3n) is 3.55. The number of carbonyl (C=O) groups is 2. The Kier molecular flexibility index (Phi) is 7.01. The lowest BCUT2D eigenvalue weighted by Gasteiger charge is -2.13. The minimum Gasteiger partial charge on any atom is -0.496 e. The Morgan fingerprint density at radius 2 is 2.07 bits per heavy atom. The van der Waals surface area contributed by atoms with Crippen LogP contribution < -0.4 is 4.74 Å². The van der Waals surface area contributed by atoms with E-state index in [-0.39, 0.29) is 17.4 Å². The van der Waals surface area contributed by atoms with Crippen LogP contribution >= 0.6 is 12.2 Å². The molecular weight excluding hydrogens is 366 g/mol. The van der Waals surface area contributed by atoms with Gasteiger partial charge in [0.15, 0.2) is 0 Å². The molecule has 27 heavy (non-hydrogen) atoms. The quantitative estimate of drug-likeness (QED) is 0.236. The Labute approximate surface area is 162 Å². The van der Waals surface area contributed by atoms with Gasteiger partial charge in [0.05, 0.1) is 20.3 Å². The first kappa shape index (κ1) is 20.1. The van der Waals surface area contributed by atoms with Gasteiger partial charge in [0, 0.05) is 18.3 Å². The summed E-state index contributed by atoms with van der Waals surface area (Å²) in [5.41, 5.74) is 0.876. The Balaban J connectivity index is 2.26. The second-order valence-electron chi connectivity index (χ2n) is 5.22. The summed E-state index contributed by atoms with van der Waals surface area (Å²) in [5.74, 6) is -0.403. The fourth-order valence-corrected chi connectivity index (χ4v) is 2.59. The first-order valence-corrected chi connectivity index (χ1v) is 8.34. The zero-order chi connectivity index (χ0) is 19.8. The maximum absolute atomic E-state index is 12.5. The first-order valence-electron chi connectivity index (χ1n) is 7.93. The van der Waals surface area contributed by atoms with E-state index in [0.29, 0.717) is 0 Å². The second-order valence-corrected chi connectivity index (χ2v) is 5.58. The van der Waals surface area contributed by atoms with E-state index in [2.05, 4.69) is 16.4 Å². The van der Waals surface area contributed by atoms with E-state index in [0.717, 1.165) is 17.4 Å². The van der Waals surface area contributed by atoms with Gasteiger partial charge in [0.1, 0.15) is 11.4 Å². The van der Waals surface area contributed by atoms with Crippen LogP contribution in [0.4, 0.5) is 0 Å². The average Bonchev–Trinajstić information content (AvgIpc) is 2.90. The topological polar surface area (TPSA) is 71.4 Å². The SMILES string of the molecule is C=CCN1C(=O)/C(=C\C(=O)OC)N(/N=C/C=C/c2ccccc2OC)C1=S. The molecule has 1 fully saturated rings. The first-order chi connectivity index (χ1) is 13.0. The highest BCUT2D eigenvalue weighted by molar-refractivity contribution is 7.80. The van der Waals surface area contributed by atoms with Crippen LogP contribution in [0.2, 0.25) is 0 Å². The summed E-state index contributed by atoms with van der Waals surface area (Å²) in [6.45, 7) is 3.81. The highest BCUT2D eigenvalue weighted by atomic mass is 32.1. The molecule has 2 rings (SSSR count). The lowest BCUT2D eigenvalue weighted by atomic mass is 10.2. The number of hydrogen-bond acceptors (Lipinski definition) is 6. The summed E-state index contributed by atoms with van der Waals surface area (Å²) >= 11 is 5.29. The number of methoxy groups -OCH3 is 2. The van der Waals surface area contributed by atoms with E-state index in [4.69, 9.17) is 17.0 Å². The molecule has 0 aliphatic carbocycles. The van der Waals surface area contributed by atoms with E-state index in [1.807, 2.05) is 24.3 Å². The Bertz CT molecular complexity index is 845. The molecule has 1 aliphatic rings.